The summed E-state index contributed by atoms with van der Waals surface area (Å²) in [5, 5.41) is 3.84. The summed E-state index contributed by atoms with van der Waals surface area (Å²) < 4.78 is 7.04. The molecule has 0 fully saturated rings. The number of nitrogens with zero attached hydrogens (tertiary/aromatic N) is 3. The third kappa shape index (κ3) is 2.50. The minimum Gasteiger partial charge on any atom is -0.463 e. The van der Waals surface area contributed by atoms with E-state index in [1.54, 1.807) is 41.4 Å². The molecule has 0 spiro atoms. The van der Waals surface area contributed by atoms with E-state index in [1.807, 2.05) is 16.8 Å². The van der Waals surface area contributed by atoms with Crippen molar-refractivity contribution in [1.82, 2.24) is 14.5 Å². The van der Waals surface area contributed by atoms with Crippen molar-refractivity contribution < 1.29 is 4.42 Å². The third-order valence-corrected chi connectivity index (χ3v) is 4.24. The quantitative estimate of drug-likeness (QED) is 0.621. The second-order valence-electron chi connectivity index (χ2n) is 5.08. The highest BCUT2D eigenvalue weighted by Gasteiger charge is 2.14. The first kappa shape index (κ1) is 14.4. The predicted molar refractivity (Wildman–Crippen MR) is 93.1 cm³/mol. The lowest BCUT2D eigenvalue weighted by Gasteiger charge is -2.10. The lowest BCUT2D eigenvalue weighted by Crippen LogP contribution is -2.15. The Morgan fingerprint density at radius 3 is 2.88 bits per heavy atom. The minimum absolute atomic E-state index is 0.104. The highest BCUT2D eigenvalue weighted by molar-refractivity contribution is 7.08. The van der Waals surface area contributed by atoms with Crippen molar-refractivity contribution in [3.05, 3.63) is 70.1 Å². The first-order chi connectivity index (χ1) is 11.7. The Balaban J connectivity index is 1.92. The Morgan fingerprint density at radius 1 is 1.21 bits per heavy atom. The molecule has 4 rings (SSSR count). The van der Waals surface area contributed by atoms with Crippen molar-refractivity contribution in [2.45, 2.75) is 0 Å². The molecule has 0 aliphatic carbocycles. The second kappa shape index (κ2) is 5.78. The van der Waals surface area contributed by atoms with Crippen LogP contribution in [0.2, 0.25) is 0 Å². The third-order valence-electron chi connectivity index (χ3n) is 3.57. The van der Waals surface area contributed by atoms with Gasteiger partial charge in [-0.05, 0) is 29.6 Å². The van der Waals surface area contributed by atoms with Crippen LogP contribution in [-0.2, 0) is 0 Å². The fourth-order valence-electron chi connectivity index (χ4n) is 2.45. The van der Waals surface area contributed by atoms with Gasteiger partial charge >= 0.3 is 0 Å². The van der Waals surface area contributed by atoms with E-state index in [0.717, 1.165) is 16.8 Å². The Hall–Kier alpha value is -3.19. The summed E-state index contributed by atoms with van der Waals surface area (Å²) in [4.78, 5) is 20.5. The molecule has 4 heterocycles. The Labute approximate surface area is 140 Å². The van der Waals surface area contributed by atoms with Gasteiger partial charge in [0.25, 0.3) is 5.56 Å². The Morgan fingerprint density at radius 2 is 2.12 bits per heavy atom. The Kier molecular flexibility index (Phi) is 3.47. The van der Waals surface area contributed by atoms with E-state index >= 15 is 0 Å². The van der Waals surface area contributed by atoms with Crippen LogP contribution in [0.25, 0.3) is 28.3 Å². The Bertz CT molecular complexity index is 1040. The molecule has 6 nitrogen and oxygen atoms in total. The normalized spacial score (nSPS) is 10.8. The molecule has 4 aromatic rings. The molecule has 7 heteroatoms. The second-order valence-corrected chi connectivity index (χ2v) is 5.86. The largest absolute Gasteiger partial charge is 0.463 e. The van der Waals surface area contributed by atoms with Gasteiger partial charge in [0.1, 0.15) is 5.69 Å². The minimum atomic E-state index is -0.104. The standard InChI is InChI=1S/C17H12N4O2S/c18-17-19-8-13(16(20-17)14-2-1-6-23-14)11-3-4-15(22)21(9-11)12-5-7-24-10-12/h1-10H,(H2,18,19,20). The van der Waals surface area contributed by atoms with Crippen LogP contribution in [0, 0.1) is 0 Å². The smallest absolute Gasteiger partial charge is 0.255 e. The number of hydrogen-bond donors (Lipinski definition) is 1. The molecular weight excluding hydrogens is 324 g/mol. The van der Waals surface area contributed by atoms with Gasteiger partial charge in [0.05, 0.1) is 12.0 Å². The van der Waals surface area contributed by atoms with Gasteiger partial charge in [0, 0.05) is 35.0 Å². The first-order valence-electron chi connectivity index (χ1n) is 7.14. The molecule has 4 aromatic heterocycles. The first-order valence-corrected chi connectivity index (χ1v) is 8.09. The monoisotopic (exact) mass is 336 g/mol. The number of pyridine rings is 1. The highest BCUT2D eigenvalue weighted by Crippen LogP contribution is 2.30. The zero-order valence-corrected chi connectivity index (χ0v) is 13.2. The van der Waals surface area contributed by atoms with Crippen LogP contribution in [0.5, 0.6) is 0 Å². The van der Waals surface area contributed by atoms with E-state index in [4.69, 9.17) is 10.2 Å². The van der Waals surface area contributed by atoms with Crippen molar-refractivity contribution >= 4 is 17.3 Å². The van der Waals surface area contributed by atoms with E-state index in [-0.39, 0.29) is 11.5 Å². The van der Waals surface area contributed by atoms with Gasteiger partial charge in [0.15, 0.2) is 5.76 Å². The molecule has 0 saturated carbocycles. The lowest BCUT2D eigenvalue weighted by atomic mass is 10.1. The maximum atomic E-state index is 12.2. The fourth-order valence-corrected chi connectivity index (χ4v) is 3.08. The van der Waals surface area contributed by atoms with E-state index in [1.165, 1.54) is 17.4 Å². The van der Waals surface area contributed by atoms with Gasteiger partial charge in [-0.2, -0.15) is 11.3 Å². The van der Waals surface area contributed by atoms with Crippen LogP contribution in [0.15, 0.2) is 69.0 Å². The molecule has 0 atom stereocenters. The fraction of sp³-hybridized carbons (Fsp3) is 0. The summed E-state index contributed by atoms with van der Waals surface area (Å²) in [5.74, 6) is 0.753. The molecule has 0 saturated heterocycles. The zero-order chi connectivity index (χ0) is 16.5. The van der Waals surface area contributed by atoms with Gasteiger partial charge in [-0.3, -0.25) is 9.36 Å². The van der Waals surface area contributed by atoms with Gasteiger partial charge in [-0.1, -0.05) is 0 Å². The van der Waals surface area contributed by atoms with Gasteiger partial charge in [-0.15, -0.1) is 0 Å². The van der Waals surface area contributed by atoms with Crippen molar-refractivity contribution in [3.8, 4) is 28.3 Å². The number of furan rings is 1. The summed E-state index contributed by atoms with van der Waals surface area (Å²) >= 11 is 1.53. The zero-order valence-electron chi connectivity index (χ0n) is 12.4. The lowest BCUT2D eigenvalue weighted by molar-refractivity contribution is 0.580. The number of hydrogen-bond acceptors (Lipinski definition) is 6. The maximum Gasteiger partial charge on any atom is 0.255 e. The van der Waals surface area contributed by atoms with Crippen LogP contribution in [-0.4, -0.2) is 14.5 Å². The highest BCUT2D eigenvalue weighted by atomic mass is 32.1. The van der Waals surface area contributed by atoms with Crippen molar-refractivity contribution in [2.75, 3.05) is 5.73 Å². The van der Waals surface area contributed by atoms with E-state index < -0.39 is 0 Å². The molecular formula is C17H12N4O2S. The summed E-state index contributed by atoms with van der Waals surface area (Å²) in [6, 6.07) is 8.74. The number of nitrogens with two attached hydrogens (primary N) is 1. The van der Waals surface area contributed by atoms with Crippen molar-refractivity contribution in [2.24, 2.45) is 0 Å². The molecule has 0 radical (unpaired) electrons. The average Bonchev–Trinajstić information content (AvgIpc) is 3.29. The van der Waals surface area contributed by atoms with Crippen LogP contribution in [0.3, 0.4) is 0 Å². The summed E-state index contributed by atoms with van der Waals surface area (Å²) in [5.41, 5.74) is 8.57. The number of aromatic nitrogens is 3. The molecule has 0 aliphatic heterocycles. The number of thiophene rings is 1. The molecule has 0 bridgehead atoms. The van der Waals surface area contributed by atoms with E-state index in [2.05, 4.69) is 9.97 Å². The number of anilines is 1. The van der Waals surface area contributed by atoms with E-state index in [9.17, 15) is 4.79 Å². The molecule has 0 aromatic carbocycles. The summed E-state index contributed by atoms with van der Waals surface area (Å²) in [6.45, 7) is 0. The number of nitrogen functional groups attached to an aromatic ring is 1. The van der Waals surface area contributed by atoms with Crippen molar-refractivity contribution in [3.63, 3.8) is 0 Å². The van der Waals surface area contributed by atoms with E-state index in [0.29, 0.717) is 11.5 Å². The molecule has 2 N–H and O–H groups in total. The van der Waals surface area contributed by atoms with Crippen molar-refractivity contribution in [1.29, 1.82) is 0 Å². The molecule has 24 heavy (non-hydrogen) atoms. The molecule has 0 aliphatic rings. The maximum absolute atomic E-state index is 12.2. The van der Waals surface area contributed by atoms with Crippen LogP contribution < -0.4 is 11.3 Å². The molecule has 118 valence electrons. The predicted octanol–water partition coefficient (Wildman–Crippen LogP) is 3.20. The van der Waals surface area contributed by atoms with Gasteiger partial charge < -0.3 is 10.2 Å². The topological polar surface area (TPSA) is 86.9 Å². The SMILES string of the molecule is Nc1ncc(-c2ccc(=O)n(-c3ccsc3)c2)c(-c2ccco2)n1. The summed E-state index contributed by atoms with van der Waals surface area (Å²) in [6.07, 6.45) is 4.98. The van der Waals surface area contributed by atoms with Gasteiger partial charge in [0.2, 0.25) is 5.95 Å². The van der Waals surface area contributed by atoms with Gasteiger partial charge in [-0.25, -0.2) is 9.97 Å². The van der Waals surface area contributed by atoms with Crippen LogP contribution in [0.4, 0.5) is 5.95 Å². The number of rotatable bonds is 3. The molecule has 0 amide bonds. The summed E-state index contributed by atoms with van der Waals surface area (Å²) in [7, 11) is 0. The molecule has 0 unspecified atom stereocenters. The van der Waals surface area contributed by atoms with Crippen LogP contribution >= 0.6 is 11.3 Å². The van der Waals surface area contributed by atoms with Crippen LogP contribution in [0.1, 0.15) is 0 Å². The average molecular weight is 336 g/mol.